The van der Waals surface area contributed by atoms with Crippen molar-refractivity contribution in [3.8, 4) is 0 Å². The number of phosphoric acid groups is 1. The minimum atomic E-state index is -4.80. The minimum Gasteiger partial charge on any atom is -0.462 e. The largest absolute Gasteiger partial charge is 0.469 e. The second kappa shape index (κ2) is 39.2. The molecule has 0 aliphatic carbocycles. The van der Waals surface area contributed by atoms with E-state index in [0.29, 0.717) is 32.1 Å². The molecule has 0 aliphatic rings. The van der Waals surface area contributed by atoms with E-state index in [4.69, 9.17) is 19.3 Å². The number of carbonyl (C=O) groups excluding carboxylic acids is 2. The number of ether oxygens (including phenoxy) is 2. The molecule has 2 atom stereocenters. The molecule has 0 amide bonds. The number of aliphatic hydroxyl groups excluding tert-OH is 1. The van der Waals surface area contributed by atoms with Crippen molar-refractivity contribution in [2.75, 3.05) is 13.2 Å². The van der Waals surface area contributed by atoms with E-state index in [1.165, 1.54) is 44.9 Å². The number of aliphatic hydroxyl groups is 1. The van der Waals surface area contributed by atoms with Crippen LogP contribution in [-0.4, -0.2) is 52.3 Å². The van der Waals surface area contributed by atoms with E-state index < -0.39 is 38.6 Å². The number of esters is 2. The van der Waals surface area contributed by atoms with Gasteiger partial charge in [-0.3, -0.25) is 14.1 Å². The Hall–Kier alpha value is -3.07. The highest BCUT2D eigenvalue weighted by atomic mass is 31.2. The number of rotatable bonds is 36. The highest BCUT2D eigenvalue weighted by molar-refractivity contribution is 7.46. The van der Waals surface area contributed by atoms with Crippen molar-refractivity contribution in [1.82, 2.24) is 0 Å². The van der Waals surface area contributed by atoms with Crippen molar-refractivity contribution in [3.63, 3.8) is 0 Å². The summed E-state index contributed by atoms with van der Waals surface area (Å²) >= 11 is 0. The zero-order valence-electron chi connectivity index (χ0n) is 33.9. The molecular formula is C45H73O9P. The molecule has 0 aromatic heterocycles. The predicted octanol–water partition coefficient (Wildman–Crippen LogP) is 11.6. The van der Waals surface area contributed by atoms with Gasteiger partial charge in [0.2, 0.25) is 0 Å². The van der Waals surface area contributed by atoms with Gasteiger partial charge < -0.3 is 24.4 Å². The number of phosphoric ester groups is 1. The smallest absolute Gasteiger partial charge is 0.462 e. The number of unbranched alkanes of at least 4 members (excludes halogenated alkanes) is 10. The lowest BCUT2D eigenvalue weighted by Crippen LogP contribution is -2.29. The Morgan fingerprint density at radius 1 is 0.564 bits per heavy atom. The Morgan fingerprint density at radius 2 is 1.05 bits per heavy atom. The van der Waals surface area contributed by atoms with Crippen molar-refractivity contribution >= 4 is 19.8 Å². The fourth-order valence-corrected chi connectivity index (χ4v) is 5.38. The molecule has 0 aliphatic heterocycles. The molecule has 0 bridgehead atoms. The number of allylic oxidation sites excluding steroid dienone is 14. The number of hydrogen-bond acceptors (Lipinski definition) is 7. The Labute approximate surface area is 333 Å². The molecule has 0 rings (SSSR count). The van der Waals surface area contributed by atoms with Gasteiger partial charge in [-0.25, -0.2) is 4.57 Å². The van der Waals surface area contributed by atoms with Crippen molar-refractivity contribution in [2.45, 2.75) is 161 Å². The maximum atomic E-state index is 12.4. The first kappa shape index (κ1) is 51.9. The Morgan fingerprint density at radius 3 is 1.62 bits per heavy atom. The average Bonchev–Trinajstić information content (AvgIpc) is 3.15. The van der Waals surface area contributed by atoms with Gasteiger partial charge in [-0.05, 0) is 89.9 Å². The van der Waals surface area contributed by atoms with E-state index in [0.717, 1.165) is 44.9 Å². The van der Waals surface area contributed by atoms with Crippen LogP contribution >= 0.6 is 7.82 Å². The van der Waals surface area contributed by atoms with Crippen LogP contribution in [0.25, 0.3) is 0 Å². The molecule has 0 aromatic carbocycles. The van der Waals surface area contributed by atoms with Gasteiger partial charge in [-0.2, -0.15) is 0 Å². The van der Waals surface area contributed by atoms with E-state index in [1.54, 1.807) is 6.08 Å². The molecule has 0 fully saturated rings. The van der Waals surface area contributed by atoms with Gasteiger partial charge in [-0.1, -0.05) is 143 Å². The van der Waals surface area contributed by atoms with Crippen LogP contribution in [0, 0.1) is 0 Å². The summed E-state index contributed by atoms with van der Waals surface area (Å²) in [6, 6.07) is 0. The van der Waals surface area contributed by atoms with E-state index in [1.807, 2.05) is 36.5 Å². The lowest BCUT2D eigenvalue weighted by atomic mass is 10.1. The van der Waals surface area contributed by atoms with E-state index in [-0.39, 0.29) is 19.4 Å². The third-order valence-corrected chi connectivity index (χ3v) is 8.64. The summed E-state index contributed by atoms with van der Waals surface area (Å²) in [5.74, 6) is -1.04. The van der Waals surface area contributed by atoms with E-state index in [2.05, 4.69) is 73.1 Å². The van der Waals surface area contributed by atoms with Gasteiger partial charge in [0.1, 0.15) is 6.61 Å². The summed E-state index contributed by atoms with van der Waals surface area (Å²) in [7, 11) is -4.80. The second-order valence-electron chi connectivity index (χ2n) is 13.5. The number of carbonyl (C=O) groups is 2. The molecule has 0 heterocycles. The van der Waals surface area contributed by atoms with Crippen LogP contribution < -0.4 is 0 Å². The van der Waals surface area contributed by atoms with Crippen LogP contribution in [0.15, 0.2) is 97.2 Å². The molecule has 3 N–H and O–H groups in total. The number of hydrogen-bond donors (Lipinski definition) is 3. The molecular weight excluding hydrogens is 715 g/mol. The van der Waals surface area contributed by atoms with Gasteiger partial charge in [-0.15, -0.1) is 0 Å². The van der Waals surface area contributed by atoms with Crippen LogP contribution in [0.4, 0.5) is 0 Å². The topological polar surface area (TPSA) is 140 Å². The highest BCUT2D eigenvalue weighted by Gasteiger charge is 2.22. The van der Waals surface area contributed by atoms with E-state index in [9.17, 15) is 19.3 Å². The van der Waals surface area contributed by atoms with Crippen LogP contribution in [0.3, 0.4) is 0 Å². The first-order chi connectivity index (χ1) is 26.7. The maximum Gasteiger partial charge on any atom is 0.469 e. The summed E-state index contributed by atoms with van der Waals surface area (Å²) in [6.45, 7) is 3.46. The molecule has 0 saturated heterocycles. The lowest BCUT2D eigenvalue weighted by Gasteiger charge is -2.18. The predicted molar refractivity (Wildman–Crippen MR) is 226 cm³/mol. The Kier molecular flexibility index (Phi) is 37.0. The first-order valence-electron chi connectivity index (χ1n) is 20.6. The summed E-state index contributed by atoms with van der Waals surface area (Å²) in [4.78, 5) is 42.8. The van der Waals surface area contributed by atoms with Crippen LogP contribution in [-0.2, 0) is 28.2 Å². The lowest BCUT2D eigenvalue weighted by molar-refractivity contribution is -0.161. The van der Waals surface area contributed by atoms with Gasteiger partial charge in [0.15, 0.2) is 6.10 Å². The standard InChI is InChI=1S/C45H73O9P/c1-3-5-7-9-11-12-13-14-15-16-17-18-19-20-21-22-26-30-34-38-44(47)52-40-43(41-53-55(49,50)51)54-45(48)39-35-31-27-23-25-29-33-37-42(46)36-32-28-24-10-8-6-4-2/h11-12,14-15,17-18,20-21,23-24,27-29,32-33,36,42-43,46H,3-10,13,16,19,22,25-26,30-31,34-35,37-41H2,1-2H3,(H2,49,50,51)/b12-11-,15-14-,18-17-,21-20-,27-23+,28-24-,33-29-,36-32-/t42-,43+/m0/s1. The minimum absolute atomic E-state index is 0.0888. The molecule has 0 saturated carbocycles. The summed E-state index contributed by atoms with van der Waals surface area (Å²) in [6.07, 6.45) is 50.1. The van der Waals surface area contributed by atoms with Crippen molar-refractivity contribution in [1.29, 1.82) is 0 Å². The molecule has 0 spiro atoms. The first-order valence-corrected chi connectivity index (χ1v) is 22.2. The normalized spacial score (nSPS) is 14.1. The average molecular weight is 789 g/mol. The third-order valence-electron chi connectivity index (χ3n) is 8.16. The van der Waals surface area contributed by atoms with Gasteiger partial charge in [0.05, 0.1) is 12.7 Å². The molecule has 0 unspecified atom stereocenters. The summed E-state index contributed by atoms with van der Waals surface area (Å²) < 4.78 is 26.3. The van der Waals surface area contributed by atoms with E-state index >= 15 is 0 Å². The molecule has 55 heavy (non-hydrogen) atoms. The van der Waals surface area contributed by atoms with Crippen molar-refractivity contribution in [2.24, 2.45) is 0 Å². The Balaban J connectivity index is 4.18. The second-order valence-corrected chi connectivity index (χ2v) is 14.7. The molecule has 10 heteroatoms. The summed E-state index contributed by atoms with van der Waals surface area (Å²) in [5.41, 5.74) is 0. The Bertz CT molecular complexity index is 1220. The zero-order chi connectivity index (χ0) is 40.5. The molecule has 0 aromatic rings. The fraction of sp³-hybridized carbons (Fsp3) is 0.600. The maximum absolute atomic E-state index is 12.4. The van der Waals surface area contributed by atoms with Crippen molar-refractivity contribution < 1.29 is 43.0 Å². The highest BCUT2D eigenvalue weighted by Crippen LogP contribution is 2.36. The molecule has 0 radical (unpaired) electrons. The third kappa shape index (κ3) is 41.9. The summed E-state index contributed by atoms with van der Waals surface area (Å²) in [5, 5.41) is 10.0. The monoisotopic (exact) mass is 788 g/mol. The fourth-order valence-electron chi connectivity index (χ4n) is 5.02. The molecule has 9 nitrogen and oxygen atoms in total. The van der Waals surface area contributed by atoms with Crippen LogP contribution in [0.1, 0.15) is 149 Å². The van der Waals surface area contributed by atoms with Crippen LogP contribution in [0.5, 0.6) is 0 Å². The van der Waals surface area contributed by atoms with Crippen molar-refractivity contribution in [3.05, 3.63) is 97.2 Å². The van der Waals surface area contributed by atoms with Gasteiger partial charge in [0.25, 0.3) is 0 Å². The van der Waals surface area contributed by atoms with Crippen LogP contribution in [0.2, 0.25) is 0 Å². The zero-order valence-corrected chi connectivity index (χ0v) is 34.8. The SMILES string of the molecule is CCCCC/C=C\C=C/[C@H](O)C/C=C\C/C=C/CCCC(=O)O[C@H](COC(=O)CCCCC/C=C\C/C=C\C/C=C\C/C=C\CCCCC)COP(=O)(O)O. The quantitative estimate of drug-likeness (QED) is 0.0186. The molecule has 312 valence electrons. The van der Waals surface area contributed by atoms with Gasteiger partial charge in [0, 0.05) is 12.8 Å². The van der Waals surface area contributed by atoms with Gasteiger partial charge >= 0.3 is 19.8 Å².